The second-order valence-electron chi connectivity index (χ2n) is 5.99. The van der Waals surface area contributed by atoms with E-state index in [1.807, 2.05) is 49.4 Å². The molecule has 1 saturated heterocycles. The smallest absolute Gasteiger partial charge is 0.204 e. The minimum Gasteiger partial charge on any atom is -0.374 e. The van der Waals surface area contributed by atoms with Gasteiger partial charge in [-0.1, -0.05) is 35.9 Å². The molecule has 0 spiro atoms. The Morgan fingerprint density at radius 3 is 2.74 bits per heavy atom. The maximum Gasteiger partial charge on any atom is 0.204 e. The molecule has 1 unspecified atom stereocenters. The van der Waals surface area contributed by atoms with E-state index in [1.165, 1.54) is 0 Å². The van der Waals surface area contributed by atoms with E-state index < -0.39 is 11.1 Å². The van der Waals surface area contributed by atoms with Crippen molar-refractivity contribution in [3.8, 4) is 0 Å². The number of carbonyl (C=O) groups excluding carboxylic acids is 1. The summed E-state index contributed by atoms with van der Waals surface area (Å²) in [7, 11) is 0. The van der Waals surface area contributed by atoms with E-state index in [-0.39, 0.29) is 12.2 Å². The average Bonchev–Trinajstić information content (AvgIpc) is 2.79. The number of fused-ring (bicyclic) bond motifs is 2. The molecule has 0 bridgehead atoms. The summed E-state index contributed by atoms with van der Waals surface area (Å²) >= 11 is 6.45. The van der Waals surface area contributed by atoms with E-state index in [0.717, 1.165) is 11.3 Å². The number of alkyl halides is 1. The topological polar surface area (TPSA) is 52.9 Å². The van der Waals surface area contributed by atoms with E-state index in [9.17, 15) is 9.90 Å². The standard InChI is InChI=1S/C18H15ClN2O2/c1-11-7-8-13-14(9-11)20-17-18(23,16(13)22)10-15(19)21(17)12-5-3-2-4-6-12/h2-9,15,23H,10H2,1H3/t15-,18?/m1/s1. The summed E-state index contributed by atoms with van der Waals surface area (Å²) < 4.78 is 0. The average molecular weight is 327 g/mol. The van der Waals surface area contributed by atoms with Gasteiger partial charge in [0.1, 0.15) is 5.50 Å². The van der Waals surface area contributed by atoms with Crippen LogP contribution < -0.4 is 4.90 Å². The van der Waals surface area contributed by atoms with Crippen LogP contribution in [0.15, 0.2) is 53.5 Å². The Balaban J connectivity index is 1.92. The van der Waals surface area contributed by atoms with Crippen LogP contribution in [0.3, 0.4) is 0 Å². The summed E-state index contributed by atoms with van der Waals surface area (Å²) in [4.78, 5) is 19.2. The van der Waals surface area contributed by atoms with Crippen LogP contribution in [-0.4, -0.2) is 27.8 Å². The van der Waals surface area contributed by atoms with Gasteiger partial charge in [0.2, 0.25) is 5.78 Å². The zero-order valence-electron chi connectivity index (χ0n) is 12.5. The second kappa shape index (κ2) is 4.91. The van der Waals surface area contributed by atoms with E-state index >= 15 is 0 Å². The van der Waals surface area contributed by atoms with Gasteiger partial charge in [-0.25, -0.2) is 4.99 Å². The van der Waals surface area contributed by atoms with Crippen molar-refractivity contribution in [3.05, 3.63) is 59.7 Å². The number of carbonyl (C=O) groups is 1. The van der Waals surface area contributed by atoms with Crippen LogP contribution in [0, 0.1) is 6.92 Å². The summed E-state index contributed by atoms with van der Waals surface area (Å²) in [5.41, 5.74) is 0.663. The van der Waals surface area contributed by atoms with Crippen molar-refractivity contribution in [3.63, 3.8) is 0 Å². The van der Waals surface area contributed by atoms with Crippen molar-refractivity contribution in [1.82, 2.24) is 0 Å². The molecule has 2 aliphatic rings. The molecule has 2 aromatic rings. The molecule has 1 N–H and O–H groups in total. The molecule has 1 fully saturated rings. The van der Waals surface area contributed by atoms with Crippen LogP contribution in [0.1, 0.15) is 22.3 Å². The molecule has 5 heteroatoms. The fourth-order valence-electron chi connectivity index (χ4n) is 3.23. The van der Waals surface area contributed by atoms with Gasteiger partial charge in [0.25, 0.3) is 0 Å². The van der Waals surface area contributed by atoms with Crippen LogP contribution in [-0.2, 0) is 0 Å². The van der Waals surface area contributed by atoms with Gasteiger partial charge in [0.05, 0.1) is 5.69 Å². The third-order valence-electron chi connectivity index (χ3n) is 4.38. The monoisotopic (exact) mass is 326 g/mol. The van der Waals surface area contributed by atoms with Crippen LogP contribution in [0.5, 0.6) is 0 Å². The van der Waals surface area contributed by atoms with Crippen molar-refractivity contribution in [2.75, 3.05) is 4.90 Å². The van der Waals surface area contributed by atoms with Crippen molar-refractivity contribution in [2.45, 2.75) is 24.4 Å². The fourth-order valence-corrected chi connectivity index (χ4v) is 3.66. The van der Waals surface area contributed by atoms with E-state index in [1.54, 1.807) is 11.0 Å². The van der Waals surface area contributed by atoms with Gasteiger partial charge in [0, 0.05) is 17.7 Å². The number of Topliss-reactive ketones (excluding diaryl/α,β-unsaturated/α-hetero) is 1. The Hall–Kier alpha value is -2.17. The number of amidine groups is 1. The normalized spacial score (nSPS) is 25.9. The first-order valence-electron chi connectivity index (χ1n) is 7.46. The Morgan fingerprint density at radius 2 is 2.00 bits per heavy atom. The highest BCUT2D eigenvalue weighted by atomic mass is 35.5. The molecule has 4 rings (SSSR count). The number of rotatable bonds is 1. The number of nitrogens with zero attached hydrogens (tertiary/aromatic N) is 2. The highest BCUT2D eigenvalue weighted by Crippen LogP contribution is 2.43. The van der Waals surface area contributed by atoms with Gasteiger partial charge in [-0.15, -0.1) is 0 Å². The Morgan fingerprint density at radius 1 is 1.26 bits per heavy atom. The van der Waals surface area contributed by atoms with Gasteiger partial charge >= 0.3 is 0 Å². The third kappa shape index (κ3) is 2.02. The summed E-state index contributed by atoms with van der Waals surface area (Å²) in [6.45, 7) is 1.94. The molecule has 23 heavy (non-hydrogen) atoms. The van der Waals surface area contributed by atoms with Crippen molar-refractivity contribution in [2.24, 2.45) is 4.99 Å². The van der Waals surface area contributed by atoms with Crippen molar-refractivity contribution < 1.29 is 9.90 Å². The molecule has 0 radical (unpaired) electrons. The number of aliphatic imine (C=N–C) groups is 1. The maximum atomic E-state index is 12.8. The minimum absolute atomic E-state index is 0.119. The lowest BCUT2D eigenvalue weighted by atomic mass is 9.87. The quantitative estimate of drug-likeness (QED) is 0.645. The molecule has 0 aromatic heterocycles. The summed E-state index contributed by atoms with van der Waals surface area (Å²) in [6.07, 6.45) is 0.119. The molecule has 2 aliphatic heterocycles. The summed E-state index contributed by atoms with van der Waals surface area (Å²) in [6, 6.07) is 14.9. The molecule has 0 saturated carbocycles. The number of ketones is 1. The van der Waals surface area contributed by atoms with Crippen LogP contribution in [0.4, 0.5) is 11.4 Å². The van der Waals surface area contributed by atoms with Crippen LogP contribution >= 0.6 is 11.6 Å². The Labute approximate surface area is 139 Å². The predicted molar refractivity (Wildman–Crippen MR) is 90.7 cm³/mol. The molecular formula is C18H15ClN2O2. The lowest BCUT2D eigenvalue weighted by Crippen LogP contribution is -2.48. The van der Waals surface area contributed by atoms with Crippen molar-refractivity contribution in [1.29, 1.82) is 0 Å². The number of hydrogen-bond donors (Lipinski definition) is 1. The lowest BCUT2D eigenvalue weighted by Gasteiger charge is -2.30. The lowest BCUT2D eigenvalue weighted by molar-refractivity contribution is 0.0597. The second-order valence-corrected chi connectivity index (χ2v) is 6.49. The first-order chi connectivity index (χ1) is 11.0. The van der Waals surface area contributed by atoms with Gasteiger partial charge < -0.3 is 10.0 Å². The number of hydrogen-bond acceptors (Lipinski definition) is 4. The third-order valence-corrected chi connectivity index (χ3v) is 4.73. The summed E-state index contributed by atoms with van der Waals surface area (Å²) in [5, 5.41) is 11.0. The number of anilines is 1. The number of benzene rings is 2. The molecule has 2 heterocycles. The van der Waals surface area contributed by atoms with Crippen molar-refractivity contribution >= 4 is 34.6 Å². The number of aryl methyl sites for hydroxylation is 1. The number of halogens is 1. The predicted octanol–water partition coefficient (Wildman–Crippen LogP) is 3.43. The van der Waals surface area contributed by atoms with E-state index in [2.05, 4.69) is 4.99 Å². The first-order valence-corrected chi connectivity index (χ1v) is 7.90. The molecule has 2 atom stereocenters. The van der Waals surface area contributed by atoms with Gasteiger partial charge in [-0.05, 0) is 36.8 Å². The highest BCUT2D eigenvalue weighted by molar-refractivity contribution is 6.34. The van der Waals surface area contributed by atoms with E-state index in [0.29, 0.717) is 17.1 Å². The molecule has 2 aromatic carbocycles. The van der Waals surface area contributed by atoms with Gasteiger partial charge in [-0.2, -0.15) is 0 Å². The highest BCUT2D eigenvalue weighted by Gasteiger charge is 2.56. The Kier molecular flexibility index (Phi) is 3.08. The van der Waals surface area contributed by atoms with Gasteiger partial charge in [-0.3, -0.25) is 4.79 Å². The zero-order valence-corrected chi connectivity index (χ0v) is 13.3. The Bertz CT molecular complexity index is 834. The first kappa shape index (κ1) is 14.4. The number of aliphatic hydroxyl groups is 1. The fraction of sp³-hybridized carbons (Fsp3) is 0.222. The summed E-state index contributed by atoms with van der Waals surface area (Å²) in [5.74, 6) is -0.0200. The van der Waals surface area contributed by atoms with Gasteiger partial charge in [0.15, 0.2) is 11.4 Å². The minimum atomic E-state index is -1.66. The number of para-hydroxylation sites is 1. The molecular weight excluding hydrogens is 312 g/mol. The SMILES string of the molecule is Cc1ccc2c(c1)N=C1N(c3ccccc3)[C@@H](Cl)CC1(O)C2=O. The largest absolute Gasteiger partial charge is 0.374 e. The van der Waals surface area contributed by atoms with Crippen LogP contribution in [0.2, 0.25) is 0 Å². The molecule has 0 amide bonds. The molecule has 0 aliphatic carbocycles. The van der Waals surface area contributed by atoms with E-state index in [4.69, 9.17) is 11.6 Å². The molecule has 116 valence electrons. The van der Waals surface area contributed by atoms with Crippen LogP contribution in [0.25, 0.3) is 0 Å². The zero-order chi connectivity index (χ0) is 16.2. The molecule has 4 nitrogen and oxygen atoms in total. The maximum absolute atomic E-state index is 12.8.